The highest BCUT2D eigenvalue weighted by Gasteiger charge is 2.49. The van der Waals surface area contributed by atoms with Crippen molar-refractivity contribution in [3.8, 4) is 28.3 Å². The van der Waals surface area contributed by atoms with E-state index in [1.54, 1.807) is 38.5 Å². The van der Waals surface area contributed by atoms with E-state index in [0.29, 0.717) is 59.5 Å². The van der Waals surface area contributed by atoms with Crippen LogP contribution < -0.4 is 26.6 Å². The highest BCUT2D eigenvalue weighted by atomic mass is 35.5. The number of likely N-dealkylation sites (tertiary alicyclic amines) is 1. The molecule has 5 aromatic rings. The molecule has 2 fully saturated rings. The van der Waals surface area contributed by atoms with Crippen LogP contribution in [0.15, 0.2) is 52.1 Å². The number of amides is 2. The van der Waals surface area contributed by atoms with Gasteiger partial charge < -0.3 is 25.0 Å². The lowest BCUT2D eigenvalue weighted by Gasteiger charge is -2.28. The van der Waals surface area contributed by atoms with Gasteiger partial charge in [0.2, 0.25) is 11.7 Å². The van der Waals surface area contributed by atoms with Crippen LogP contribution in [0.3, 0.4) is 0 Å². The molecular formula is C39H38Cl2F3N9O5. The van der Waals surface area contributed by atoms with Crippen molar-refractivity contribution in [1.29, 1.82) is 0 Å². The Kier molecular flexibility index (Phi) is 10.1. The third-order valence-electron chi connectivity index (χ3n) is 11.2. The number of anilines is 2. The summed E-state index contributed by atoms with van der Waals surface area (Å²) in [6.45, 7) is 3.14. The van der Waals surface area contributed by atoms with E-state index in [4.69, 9.17) is 37.7 Å². The van der Waals surface area contributed by atoms with Crippen LogP contribution in [0.1, 0.15) is 35.8 Å². The lowest BCUT2D eigenvalue weighted by molar-refractivity contribution is -0.144. The summed E-state index contributed by atoms with van der Waals surface area (Å²) < 4.78 is 54.6. The minimum absolute atomic E-state index is 0.0518. The average molecular weight is 841 g/mol. The number of benzene rings is 2. The molecule has 14 nitrogen and oxygen atoms in total. The average Bonchev–Trinajstić information content (AvgIpc) is 3.90. The Hall–Kier alpha value is -5.23. The predicted octanol–water partition coefficient (Wildman–Crippen LogP) is 5.94. The number of urea groups is 1. The number of methoxy groups -OCH3 is 2. The summed E-state index contributed by atoms with van der Waals surface area (Å²) in [5.74, 6) is -1.55. The van der Waals surface area contributed by atoms with Crippen LogP contribution in [0, 0.1) is 0 Å². The highest BCUT2D eigenvalue weighted by Crippen LogP contribution is 2.47. The van der Waals surface area contributed by atoms with Gasteiger partial charge in [-0.3, -0.25) is 18.8 Å². The number of carbonyl (C=O) groups is 1. The first-order valence-corrected chi connectivity index (χ1v) is 19.2. The molecule has 2 atom stereocenters. The molecule has 1 spiro atoms. The standard InChI is InChI=1S/C39H38Cl2F3N9O5/c1-50-32-28(34(54)51(2)37(50)56)31(47-35(48-32)39(42,43)44)45-24-10-6-8-22(30(24)41)21-7-5-9-23(29(21)40)25-17-20-11-12-26(27(20)33(46-25)58-4)52-14-13-38(18-52)19-53(15-16-57-3)36(55)49-38/h5-10,17,26H,11-16,18-19H2,1-4H3,(H,49,55)(H,45,47,48). The quantitative estimate of drug-likeness (QED) is 0.183. The van der Waals surface area contributed by atoms with Crippen LogP contribution >= 0.6 is 23.2 Å². The van der Waals surface area contributed by atoms with E-state index < -0.39 is 34.7 Å². The molecule has 2 aromatic carbocycles. The first-order valence-electron chi connectivity index (χ1n) is 18.4. The number of nitrogens with one attached hydrogen (secondary N) is 2. The number of ether oxygens (including phenoxy) is 2. The van der Waals surface area contributed by atoms with E-state index in [-0.39, 0.29) is 33.7 Å². The van der Waals surface area contributed by atoms with Crippen molar-refractivity contribution >= 4 is 51.8 Å². The van der Waals surface area contributed by atoms with Crippen LogP contribution in [0.4, 0.5) is 29.5 Å². The zero-order valence-corrected chi connectivity index (χ0v) is 33.3. The molecule has 0 bridgehead atoms. The van der Waals surface area contributed by atoms with E-state index in [9.17, 15) is 27.6 Å². The molecule has 0 radical (unpaired) electrons. The number of halogens is 5. The van der Waals surface area contributed by atoms with Crippen molar-refractivity contribution in [2.75, 3.05) is 52.3 Å². The van der Waals surface area contributed by atoms with E-state index in [1.807, 2.05) is 17.0 Å². The molecule has 1 aliphatic carbocycles. The number of carbonyl (C=O) groups excluding carboxylic acids is 1. The maximum absolute atomic E-state index is 14.0. The number of aryl methyl sites for hydroxylation is 2. The van der Waals surface area contributed by atoms with Gasteiger partial charge in [-0.15, -0.1) is 0 Å². The molecule has 2 N–H and O–H groups in total. The zero-order chi connectivity index (χ0) is 41.3. The Labute approximate surface area is 339 Å². The van der Waals surface area contributed by atoms with E-state index in [2.05, 4.69) is 25.5 Å². The van der Waals surface area contributed by atoms with Crippen molar-refractivity contribution in [3.63, 3.8) is 0 Å². The van der Waals surface area contributed by atoms with Crippen molar-refractivity contribution in [3.05, 3.63) is 90.3 Å². The maximum Gasteiger partial charge on any atom is 0.451 e. The van der Waals surface area contributed by atoms with Crippen molar-refractivity contribution in [2.24, 2.45) is 14.1 Å². The Morgan fingerprint density at radius 2 is 1.69 bits per heavy atom. The second-order valence-corrected chi connectivity index (χ2v) is 15.5. The largest absolute Gasteiger partial charge is 0.481 e. The SMILES string of the molecule is COCCN1CC2(CCN(C3CCc4cc(-c5cccc(-c6cccc(Nc7nc(C(F)(F)F)nc8c7c(=O)n(C)c(=O)n8C)c6Cl)c5Cl)nc(OC)c43)C2)NC1=O. The molecule has 5 heterocycles. The normalized spacial score (nSPS) is 19.4. The molecule has 8 rings (SSSR count). The molecule has 19 heteroatoms. The number of nitrogens with zero attached hydrogens (tertiary/aromatic N) is 7. The number of hydrogen-bond donors (Lipinski definition) is 2. The lowest BCUT2D eigenvalue weighted by atomic mass is 9.99. The first-order chi connectivity index (χ1) is 27.6. The molecule has 2 amide bonds. The van der Waals surface area contributed by atoms with Crippen molar-refractivity contribution in [1.82, 2.24) is 39.2 Å². The van der Waals surface area contributed by atoms with Crippen molar-refractivity contribution < 1.29 is 27.4 Å². The number of rotatable bonds is 9. The summed E-state index contributed by atoms with van der Waals surface area (Å²) in [5.41, 5.74) is 1.76. The summed E-state index contributed by atoms with van der Waals surface area (Å²) in [4.78, 5) is 54.9. The van der Waals surface area contributed by atoms with E-state index >= 15 is 0 Å². The third kappa shape index (κ3) is 6.72. The van der Waals surface area contributed by atoms with Crippen LogP contribution in [-0.4, -0.2) is 92.5 Å². The van der Waals surface area contributed by atoms with Gasteiger partial charge in [0.05, 0.1) is 40.7 Å². The Balaban J connectivity index is 1.11. The second kappa shape index (κ2) is 14.9. The summed E-state index contributed by atoms with van der Waals surface area (Å²) >= 11 is 14.1. The van der Waals surface area contributed by atoms with Gasteiger partial charge in [-0.1, -0.05) is 53.5 Å². The molecular weight excluding hydrogens is 802 g/mol. The van der Waals surface area contributed by atoms with Gasteiger partial charge in [0.25, 0.3) is 5.56 Å². The molecule has 3 aliphatic rings. The van der Waals surface area contributed by atoms with E-state index in [1.165, 1.54) is 20.2 Å². The molecule has 2 unspecified atom stereocenters. The Morgan fingerprint density at radius 1 is 0.966 bits per heavy atom. The van der Waals surface area contributed by atoms with Gasteiger partial charge in [-0.2, -0.15) is 13.2 Å². The summed E-state index contributed by atoms with van der Waals surface area (Å²) in [5, 5.41) is 6.10. The van der Waals surface area contributed by atoms with Gasteiger partial charge in [-0.05, 0) is 37.0 Å². The number of pyridine rings is 1. The van der Waals surface area contributed by atoms with Crippen molar-refractivity contribution in [2.45, 2.75) is 37.0 Å². The predicted molar refractivity (Wildman–Crippen MR) is 212 cm³/mol. The summed E-state index contributed by atoms with van der Waals surface area (Å²) in [6.07, 6.45) is -2.53. The van der Waals surface area contributed by atoms with Gasteiger partial charge in [-0.25, -0.2) is 24.5 Å². The smallest absolute Gasteiger partial charge is 0.451 e. The fourth-order valence-corrected chi connectivity index (χ4v) is 8.98. The van der Waals surface area contributed by atoms with E-state index in [0.717, 1.165) is 46.1 Å². The Bertz CT molecular complexity index is 2620. The van der Waals surface area contributed by atoms with Crippen LogP contribution in [-0.2, 0) is 31.4 Å². The van der Waals surface area contributed by atoms with Crippen LogP contribution in [0.2, 0.25) is 10.0 Å². The maximum atomic E-state index is 14.0. The topological polar surface area (TPSA) is 149 Å². The van der Waals surface area contributed by atoms with Gasteiger partial charge in [0.1, 0.15) is 11.2 Å². The number of fused-ring (bicyclic) bond motifs is 2. The number of aromatic nitrogens is 5. The number of alkyl halides is 3. The molecule has 58 heavy (non-hydrogen) atoms. The van der Waals surface area contributed by atoms with Gasteiger partial charge in [0.15, 0.2) is 5.65 Å². The Morgan fingerprint density at radius 3 is 2.41 bits per heavy atom. The van der Waals surface area contributed by atoms with Gasteiger partial charge in [0, 0.05) is 75.7 Å². The minimum atomic E-state index is -4.99. The molecule has 0 saturated carbocycles. The minimum Gasteiger partial charge on any atom is -0.481 e. The lowest BCUT2D eigenvalue weighted by Crippen LogP contribution is -2.46. The third-order valence-corrected chi connectivity index (χ3v) is 12.0. The monoisotopic (exact) mass is 839 g/mol. The molecule has 2 aliphatic heterocycles. The summed E-state index contributed by atoms with van der Waals surface area (Å²) in [7, 11) is 5.63. The second-order valence-electron chi connectivity index (χ2n) is 14.7. The summed E-state index contributed by atoms with van der Waals surface area (Å²) in [6, 6.07) is 12.2. The van der Waals surface area contributed by atoms with Crippen LogP contribution in [0.5, 0.6) is 5.88 Å². The fraction of sp³-hybridized carbons (Fsp3) is 0.385. The zero-order valence-electron chi connectivity index (χ0n) is 31.8. The fourth-order valence-electron chi connectivity index (χ4n) is 8.38. The highest BCUT2D eigenvalue weighted by molar-refractivity contribution is 6.39. The molecule has 304 valence electrons. The first kappa shape index (κ1) is 39.6. The van der Waals surface area contributed by atoms with Crippen LogP contribution in [0.25, 0.3) is 33.4 Å². The van der Waals surface area contributed by atoms with Gasteiger partial charge >= 0.3 is 17.9 Å². The molecule has 2 saturated heterocycles. The number of hydrogen-bond acceptors (Lipinski definition) is 10. The molecule has 3 aromatic heterocycles.